The number of carbonyl (C=O) groups excluding carboxylic acids is 2. The van der Waals surface area contributed by atoms with Gasteiger partial charge in [0, 0.05) is 0 Å². The summed E-state index contributed by atoms with van der Waals surface area (Å²) in [6.07, 6.45) is 3.44. The van der Waals surface area contributed by atoms with E-state index in [1.807, 2.05) is 54.4 Å². The Bertz CT molecular complexity index is 1800. The van der Waals surface area contributed by atoms with Crippen LogP contribution in [0.3, 0.4) is 0 Å². The van der Waals surface area contributed by atoms with Crippen LogP contribution in [0.25, 0.3) is 33.6 Å². The first-order valence-corrected chi connectivity index (χ1v) is 16.6. The van der Waals surface area contributed by atoms with Crippen molar-refractivity contribution < 1.29 is 14.3 Å². The van der Waals surface area contributed by atoms with Crippen LogP contribution in [0.4, 0.5) is 0 Å². The average Bonchev–Trinajstić information content (AvgIpc) is 3.86. The minimum atomic E-state index is -0.397. The number of nitrogens with zero attached hydrogens (tertiary/aromatic N) is 3. The quantitative estimate of drug-likeness (QED) is 0.145. The maximum atomic E-state index is 13.2. The van der Waals surface area contributed by atoms with Gasteiger partial charge in [-0.2, -0.15) is 0 Å². The molecule has 0 radical (unpaired) electrons. The van der Waals surface area contributed by atoms with Gasteiger partial charge in [-0.1, -0.05) is 6.92 Å². The molecule has 5 aromatic rings. The summed E-state index contributed by atoms with van der Waals surface area (Å²) in [6, 6.07) is 26.7. The Labute approximate surface area is 277 Å². The van der Waals surface area contributed by atoms with Crippen molar-refractivity contribution in [2.45, 2.75) is 52.1 Å². The number of esters is 1. The van der Waals surface area contributed by atoms with E-state index < -0.39 is 5.97 Å². The minimum Gasteiger partial charge on any atom is -0.461 e. The van der Waals surface area contributed by atoms with Crippen molar-refractivity contribution in [3.8, 4) is 33.6 Å². The van der Waals surface area contributed by atoms with Gasteiger partial charge in [-0.3, -0.25) is 4.90 Å². The normalized spacial score (nSPS) is 14.5. The van der Waals surface area contributed by atoms with Crippen molar-refractivity contribution in [3.63, 3.8) is 0 Å². The van der Waals surface area contributed by atoms with E-state index in [2.05, 4.69) is 71.1 Å². The van der Waals surface area contributed by atoms with E-state index in [0.717, 1.165) is 77.3 Å². The number of carbonyl (C=O) groups is 2. The molecule has 1 fully saturated rings. The van der Waals surface area contributed by atoms with Gasteiger partial charge in [-0.15, -0.1) is 0 Å². The number of nitrogens with one attached hydrogen (secondary N) is 2. The molecule has 3 aromatic carbocycles. The number of likely N-dealkylation sites (tertiary alicyclic amines) is 1. The van der Waals surface area contributed by atoms with Gasteiger partial charge in [0.05, 0.1) is 13.2 Å². The van der Waals surface area contributed by atoms with Crippen molar-refractivity contribution in [2.24, 2.45) is 0 Å². The van der Waals surface area contributed by atoms with Crippen LogP contribution in [0.1, 0.15) is 66.6 Å². The molecule has 47 heavy (non-hydrogen) atoms. The molecule has 0 bridgehead atoms. The van der Waals surface area contributed by atoms with Gasteiger partial charge < -0.3 is 9.72 Å². The van der Waals surface area contributed by atoms with Gasteiger partial charge in [0.1, 0.15) is 5.82 Å². The number of rotatable bonds is 12. The average molecular weight is 628 g/mol. The molecule has 3 heterocycles. The number of amides is 1. The van der Waals surface area contributed by atoms with Gasteiger partial charge >= 0.3 is 206 Å². The zero-order chi connectivity index (χ0) is 32.8. The summed E-state index contributed by atoms with van der Waals surface area (Å²) in [5, 5.41) is 0. The molecular formula is C38H42BN5O3. The molecule has 2 N–H and O–H groups in total. The van der Waals surface area contributed by atoms with E-state index in [1.54, 1.807) is 6.92 Å². The molecule has 9 heteroatoms. The summed E-state index contributed by atoms with van der Waals surface area (Å²) in [4.78, 5) is 41.7. The second-order valence-corrected chi connectivity index (χ2v) is 12.3. The number of ether oxygens (including phenoxy) is 1. The molecule has 1 aliphatic rings. The second-order valence-electron chi connectivity index (χ2n) is 12.3. The Kier molecular flexibility index (Phi) is 10.1. The number of aromatic nitrogens is 3. The van der Waals surface area contributed by atoms with Crippen molar-refractivity contribution >= 4 is 18.8 Å². The number of imidazole rings is 1. The zero-order valence-corrected chi connectivity index (χ0v) is 27.5. The molecule has 1 saturated heterocycles. The summed E-state index contributed by atoms with van der Waals surface area (Å²) < 4.78 is 5.32. The number of hydrogen-bond acceptors (Lipinski definition) is 5. The van der Waals surface area contributed by atoms with Crippen LogP contribution in [0.2, 0.25) is 0 Å². The summed E-state index contributed by atoms with van der Waals surface area (Å²) in [5.74, 6) is 2.63. The van der Waals surface area contributed by atoms with E-state index in [-0.39, 0.29) is 11.9 Å². The first-order chi connectivity index (χ1) is 22.9. The van der Waals surface area contributed by atoms with Crippen molar-refractivity contribution in [3.05, 3.63) is 107 Å². The molecule has 0 spiro atoms. The number of H-pyrrole nitrogens is 2. The smallest absolute Gasteiger partial charge is 0.461 e. The molecule has 1 amide bonds. The van der Waals surface area contributed by atoms with Gasteiger partial charge in [0.15, 0.2) is 0 Å². The molecular weight excluding hydrogens is 585 g/mol. The third-order valence-corrected chi connectivity index (χ3v) is 8.78. The third-order valence-electron chi connectivity index (χ3n) is 8.78. The van der Waals surface area contributed by atoms with Gasteiger partial charge in [0.2, 0.25) is 0 Å². The molecule has 1 unspecified atom stereocenters. The molecule has 0 saturated carbocycles. The Morgan fingerprint density at radius 3 is 2.30 bits per heavy atom. The molecule has 1 atom stereocenters. The SMILES string of the molecule is CCCN(C)Cc1nc(-c2ccc(-c3ccc(-c4cbc(C5CCCN5C(=O)Cc5ccccc5)[nH]4)cc3)cc2)c(C(=O)OCC)[nH]1. The van der Waals surface area contributed by atoms with Crippen LogP contribution >= 0.6 is 0 Å². The first kappa shape index (κ1) is 32.2. The monoisotopic (exact) mass is 627 g/mol. The predicted octanol–water partition coefficient (Wildman–Crippen LogP) is 7.00. The Balaban J connectivity index is 1.15. The third kappa shape index (κ3) is 7.47. The van der Waals surface area contributed by atoms with Crippen LogP contribution in [0.15, 0.2) is 84.8 Å². The fourth-order valence-corrected chi connectivity index (χ4v) is 6.47. The van der Waals surface area contributed by atoms with Crippen molar-refractivity contribution in [1.29, 1.82) is 0 Å². The summed E-state index contributed by atoms with van der Waals surface area (Å²) in [6.45, 7) is 8.72. The maximum absolute atomic E-state index is 13.2. The second kappa shape index (κ2) is 14.8. The number of hydrogen-bond donors (Lipinski definition) is 2. The summed E-state index contributed by atoms with van der Waals surface area (Å²) >= 11 is 0. The zero-order valence-electron chi connectivity index (χ0n) is 27.5. The van der Waals surface area contributed by atoms with Crippen molar-refractivity contribution in [1.82, 2.24) is 24.8 Å². The van der Waals surface area contributed by atoms with E-state index in [0.29, 0.717) is 31.0 Å². The van der Waals surface area contributed by atoms with Gasteiger partial charge in [0.25, 0.3) is 0 Å². The summed E-state index contributed by atoms with van der Waals surface area (Å²) in [5.41, 5.74) is 8.27. The molecule has 2 aromatic heterocycles. The fraction of sp³-hybridized carbons (Fsp3) is 0.316. The van der Waals surface area contributed by atoms with Crippen LogP contribution in [-0.4, -0.2) is 70.3 Å². The Hall–Kier alpha value is -4.76. The Morgan fingerprint density at radius 2 is 1.62 bits per heavy atom. The molecule has 6 rings (SSSR count). The predicted molar refractivity (Wildman–Crippen MR) is 187 cm³/mol. The van der Waals surface area contributed by atoms with Crippen LogP contribution in [-0.2, 0) is 22.5 Å². The fourth-order valence-electron chi connectivity index (χ4n) is 6.47. The standard InChI is InChI=1S/C38H42BN5O3/c1-4-21-43(3)25-33-41-35(36(42-33)38(46)47-5-2)30-19-15-28(16-20-30)27-13-17-29(18-14-27)31-24-39-37(40-31)32-12-9-22-44(32)34(45)23-26-10-7-6-8-11-26/h6-8,10-11,13-20,24,32,40H,4-5,9,12,21-23,25H2,1-3H3,(H,41,42). The molecule has 240 valence electrons. The topological polar surface area (TPSA) is 94.3 Å². The van der Waals surface area contributed by atoms with Gasteiger partial charge in [-0.25, -0.2) is 4.79 Å². The Morgan fingerprint density at radius 1 is 0.936 bits per heavy atom. The van der Waals surface area contributed by atoms with Crippen LogP contribution in [0.5, 0.6) is 0 Å². The first-order valence-electron chi connectivity index (χ1n) is 16.6. The molecule has 1 aliphatic heterocycles. The minimum absolute atomic E-state index is 0.0740. The van der Waals surface area contributed by atoms with E-state index in [4.69, 9.17) is 9.72 Å². The summed E-state index contributed by atoms with van der Waals surface area (Å²) in [7, 11) is 2.05. The number of aromatic amines is 2. The van der Waals surface area contributed by atoms with Crippen LogP contribution < -0.4 is 0 Å². The van der Waals surface area contributed by atoms with E-state index in [9.17, 15) is 9.59 Å². The van der Waals surface area contributed by atoms with E-state index >= 15 is 0 Å². The van der Waals surface area contributed by atoms with E-state index in [1.165, 1.54) is 0 Å². The molecule has 0 aliphatic carbocycles. The van der Waals surface area contributed by atoms with Crippen molar-refractivity contribution in [2.75, 3.05) is 26.7 Å². The van der Waals surface area contributed by atoms with Gasteiger partial charge in [-0.05, 0) is 26.9 Å². The number of benzene rings is 3. The van der Waals surface area contributed by atoms with Crippen LogP contribution in [0, 0.1) is 0 Å². The molecule has 8 nitrogen and oxygen atoms in total.